The predicted octanol–water partition coefficient (Wildman–Crippen LogP) is 22.5. The summed E-state index contributed by atoms with van der Waals surface area (Å²) in [7, 11) is 1.47. The second kappa shape index (κ2) is 64.2. The number of hydrogen-bond donors (Lipinski definition) is 1. The fourth-order valence-electron chi connectivity index (χ4n) is 9.50. The highest BCUT2D eigenvalue weighted by atomic mass is 31.2. The molecule has 0 aliphatic heterocycles. The van der Waals surface area contributed by atoms with Crippen LogP contribution in [0.5, 0.6) is 0 Å². The zero-order chi connectivity index (χ0) is 61.2. The molecule has 0 fully saturated rings. The van der Waals surface area contributed by atoms with Crippen LogP contribution in [0, 0.1) is 0 Å². The first-order valence-corrected chi connectivity index (χ1v) is 36.1. The zero-order valence-corrected chi connectivity index (χ0v) is 56.0. The molecule has 2 atom stereocenters. The van der Waals surface area contributed by atoms with Gasteiger partial charge in [0.2, 0.25) is 0 Å². The molecule has 0 aromatic rings. The minimum atomic E-state index is -4.40. The van der Waals surface area contributed by atoms with Crippen LogP contribution in [-0.4, -0.2) is 74.9 Å². The summed E-state index contributed by atoms with van der Waals surface area (Å²) in [5.41, 5.74) is 0. The maximum atomic E-state index is 12.9. The number of ether oxygens (including phenoxy) is 2. The Morgan fingerprint density at radius 3 is 1.01 bits per heavy atom. The first-order valence-electron chi connectivity index (χ1n) is 34.6. The van der Waals surface area contributed by atoms with E-state index in [2.05, 4.69) is 123 Å². The molecule has 2 unspecified atom stereocenters. The monoisotopic (exact) mass is 1190 g/mol. The van der Waals surface area contributed by atoms with E-state index in [1.807, 2.05) is 21.1 Å². The van der Waals surface area contributed by atoms with Crippen molar-refractivity contribution in [1.29, 1.82) is 0 Å². The number of carbonyl (C=O) groups excluding carboxylic acids is 2. The molecule has 9 nitrogen and oxygen atoms in total. The van der Waals surface area contributed by atoms with Gasteiger partial charge in [0.05, 0.1) is 27.7 Å². The highest BCUT2D eigenvalue weighted by Crippen LogP contribution is 2.43. The van der Waals surface area contributed by atoms with Crippen molar-refractivity contribution < 1.29 is 42.1 Å². The summed E-state index contributed by atoms with van der Waals surface area (Å²) in [6, 6.07) is 0. The SMILES string of the molecule is CC/C=C\C/C=C\C/C=C\C/C=C\C/C=C\C/C=C\CCCCCCCCCCCCCCCCCCCCC(=O)OC(COC(=O)CCCCCCCCCC/C=C\C/C=C\C/C=C\CCCCCCC)COP(=O)(O)OCC[N+](C)(C)C. The van der Waals surface area contributed by atoms with E-state index < -0.39 is 26.5 Å². The minimum absolute atomic E-state index is 0.0275. The fraction of sp³-hybridized carbons (Fsp3) is 0.730. The van der Waals surface area contributed by atoms with Crippen molar-refractivity contribution in [1.82, 2.24) is 0 Å². The number of quaternary nitrogens is 1. The Hall–Kier alpha value is -3.33. The van der Waals surface area contributed by atoms with Crippen molar-refractivity contribution in [3.8, 4) is 0 Å². The second-order valence-electron chi connectivity index (χ2n) is 24.2. The normalized spacial score (nSPS) is 13.8. The molecule has 10 heteroatoms. The van der Waals surface area contributed by atoms with Gasteiger partial charge in [-0.2, -0.15) is 0 Å². The molecule has 0 rings (SSSR count). The summed E-state index contributed by atoms with van der Waals surface area (Å²) in [5, 5.41) is 0. The molecular formula is C74H131NO8P+. The number of phosphoric acid groups is 1. The van der Waals surface area contributed by atoms with Gasteiger partial charge in [0.15, 0.2) is 6.10 Å². The number of allylic oxidation sites excluding steroid dienone is 18. The smallest absolute Gasteiger partial charge is 0.462 e. The predicted molar refractivity (Wildman–Crippen MR) is 362 cm³/mol. The number of likely N-dealkylation sites (N-methyl/N-ethyl adjacent to an activating group) is 1. The van der Waals surface area contributed by atoms with E-state index in [1.54, 1.807) is 0 Å². The van der Waals surface area contributed by atoms with Gasteiger partial charge in [0.25, 0.3) is 0 Å². The number of rotatable bonds is 63. The van der Waals surface area contributed by atoms with Gasteiger partial charge in [0.1, 0.15) is 19.8 Å². The fourth-order valence-corrected chi connectivity index (χ4v) is 10.2. The van der Waals surface area contributed by atoms with Gasteiger partial charge in [0, 0.05) is 12.8 Å². The van der Waals surface area contributed by atoms with Crippen molar-refractivity contribution in [3.63, 3.8) is 0 Å². The van der Waals surface area contributed by atoms with Crippen LogP contribution in [0.3, 0.4) is 0 Å². The van der Waals surface area contributed by atoms with Gasteiger partial charge in [-0.15, -0.1) is 0 Å². The first kappa shape index (κ1) is 80.7. The van der Waals surface area contributed by atoms with Crippen molar-refractivity contribution in [2.45, 2.75) is 302 Å². The maximum Gasteiger partial charge on any atom is 0.472 e. The van der Waals surface area contributed by atoms with Gasteiger partial charge < -0.3 is 18.9 Å². The van der Waals surface area contributed by atoms with E-state index in [0.29, 0.717) is 17.4 Å². The summed E-state index contributed by atoms with van der Waals surface area (Å²) < 4.78 is 34.7. The quantitative estimate of drug-likeness (QED) is 0.0211. The van der Waals surface area contributed by atoms with Crippen LogP contribution in [0.15, 0.2) is 109 Å². The van der Waals surface area contributed by atoms with E-state index in [0.717, 1.165) is 96.3 Å². The summed E-state index contributed by atoms with van der Waals surface area (Å²) in [4.78, 5) is 35.8. The molecule has 0 aromatic heterocycles. The number of carbonyl (C=O) groups is 2. The third-order valence-electron chi connectivity index (χ3n) is 14.8. The summed E-state index contributed by atoms with van der Waals surface area (Å²) in [5.74, 6) is -0.800. The topological polar surface area (TPSA) is 108 Å². The van der Waals surface area contributed by atoms with E-state index in [1.165, 1.54) is 167 Å². The molecule has 0 amide bonds. The highest BCUT2D eigenvalue weighted by molar-refractivity contribution is 7.47. The third-order valence-corrected chi connectivity index (χ3v) is 15.8. The molecule has 0 bridgehead atoms. The highest BCUT2D eigenvalue weighted by Gasteiger charge is 2.27. The number of nitrogens with zero attached hydrogens (tertiary/aromatic N) is 1. The van der Waals surface area contributed by atoms with Crippen LogP contribution < -0.4 is 0 Å². The number of phosphoric ester groups is 1. The average molecular weight is 1190 g/mol. The Morgan fingerprint density at radius 2 is 0.679 bits per heavy atom. The second-order valence-corrected chi connectivity index (χ2v) is 25.6. The Balaban J connectivity index is 4.04. The molecule has 1 N–H and O–H groups in total. The number of unbranched alkanes of at least 4 members (excludes halogenated alkanes) is 31. The molecule has 0 radical (unpaired) electrons. The van der Waals surface area contributed by atoms with Crippen LogP contribution in [-0.2, 0) is 32.7 Å². The van der Waals surface area contributed by atoms with Crippen molar-refractivity contribution >= 4 is 19.8 Å². The molecule has 0 saturated carbocycles. The molecule has 0 spiro atoms. The Bertz CT molecular complexity index is 1790. The van der Waals surface area contributed by atoms with Crippen molar-refractivity contribution in [3.05, 3.63) is 109 Å². The molecule has 0 heterocycles. The lowest BCUT2D eigenvalue weighted by molar-refractivity contribution is -0.870. The average Bonchev–Trinajstić information content (AvgIpc) is 3.61. The molecule has 0 saturated heterocycles. The Morgan fingerprint density at radius 1 is 0.381 bits per heavy atom. The van der Waals surface area contributed by atoms with E-state index in [-0.39, 0.29) is 32.0 Å². The van der Waals surface area contributed by atoms with Gasteiger partial charge in [-0.1, -0.05) is 290 Å². The number of esters is 2. The third kappa shape index (κ3) is 67.8. The Labute approximate surface area is 518 Å². The summed E-state index contributed by atoms with van der Waals surface area (Å²) in [6.45, 7) is 4.32. The molecule has 0 aliphatic rings. The molecule has 0 aliphatic carbocycles. The van der Waals surface area contributed by atoms with Crippen LogP contribution in [0.2, 0.25) is 0 Å². The van der Waals surface area contributed by atoms with Crippen LogP contribution in [0.25, 0.3) is 0 Å². The van der Waals surface area contributed by atoms with E-state index in [9.17, 15) is 19.0 Å². The minimum Gasteiger partial charge on any atom is -0.462 e. The van der Waals surface area contributed by atoms with Crippen molar-refractivity contribution in [2.24, 2.45) is 0 Å². The van der Waals surface area contributed by atoms with E-state index >= 15 is 0 Å². The van der Waals surface area contributed by atoms with Gasteiger partial charge >= 0.3 is 19.8 Å². The molecule has 484 valence electrons. The maximum absolute atomic E-state index is 12.9. The summed E-state index contributed by atoms with van der Waals surface area (Å²) in [6.07, 6.45) is 90.4. The zero-order valence-electron chi connectivity index (χ0n) is 55.1. The number of hydrogen-bond acceptors (Lipinski definition) is 7. The summed E-state index contributed by atoms with van der Waals surface area (Å²) >= 11 is 0. The Kier molecular flexibility index (Phi) is 61.6. The first-order chi connectivity index (χ1) is 41.0. The van der Waals surface area contributed by atoms with Crippen molar-refractivity contribution in [2.75, 3.05) is 47.5 Å². The lowest BCUT2D eigenvalue weighted by Gasteiger charge is -2.24. The van der Waals surface area contributed by atoms with Crippen LogP contribution in [0.1, 0.15) is 296 Å². The van der Waals surface area contributed by atoms with Gasteiger partial charge in [-0.3, -0.25) is 18.6 Å². The molecule has 0 aromatic carbocycles. The van der Waals surface area contributed by atoms with Crippen LogP contribution in [0.4, 0.5) is 0 Å². The van der Waals surface area contributed by atoms with Gasteiger partial charge in [-0.25, -0.2) is 4.57 Å². The largest absolute Gasteiger partial charge is 0.472 e. The lowest BCUT2D eigenvalue weighted by atomic mass is 10.0. The van der Waals surface area contributed by atoms with E-state index in [4.69, 9.17) is 18.5 Å². The van der Waals surface area contributed by atoms with Crippen LogP contribution >= 0.6 is 7.82 Å². The standard InChI is InChI=1S/C74H130NO8P/c1-6-8-10-12-14-16-18-20-22-24-26-28-30-31-32-33-34-35-36-37-38-39-40-41-42-43-45-47-49-51-53-55-57-59-61-63-65-67-74(77)83-72(71-82-84(78,79)81-69-68-75(3,4)5)70-80-73(76)66-64-62-60-58-56-54-52-50-48-46-44-29-27-25-23-21-19-17-15-13-11-9-7-2/h8,10,14,16,19-22,25-28,31-32,34-35,44,46,72H,6-7,9,11-13,15,17-18,23-24,29-30,33,36-43,45,47-71H2,1-5H3/p+1/b10-8-,16-14-,21-19-,22-20-,27-25-,28-26-,32-31-,35-34-,46-44-. The lowest BCUT2D eigenvalue weighted by Crippen LogP contribution is -2.37. The molecular weight excluding hydrogens is 1060 g/mol. The molecule has 84 heavy (non-hydrogen) atoms. The van der Waals surface area contributed by atoms with Gasteiger partial charge in [-0.05, 0) is 103 Å².